The lowest BCUT2D eigenvalue weighted by Gasteiger charge is -2.18. The standard InChI is InChI=1S/C22H29N5/c1-16-13-20(25-22(14-16)27-17(2)9-10-18(27)3)15-19-7-6-8-21(24-19)26(5)12-11-23-4/h6-10,13-14,23H,11-12,15H2,1-5H3. The SMILES string of the molecule is CNCCN(C)c1cccc(Cc2cc(C)cc(-n3c(C)ccc3C)n2)n1. The fourth-order valence-electron chi connectivity index (χ4n) is 3.31. The lowest BCUT2D eigenvalue weighted by Crippen LogP contribution is -2.27. The summed E-state index contributed by atoms with van der Waals surface area (Å²) in [5.74, 6) is 1.97. The highest BCUT2D eigenvalue weighted by Crippen LogP contribution is 2.18. The second-order valence-electron chi connectivity index (χ2n) is 7.13. The second-order valence-corrected chi connectivity index (χ2v) is 7.13. The predicted molar refractivity (Wildman–Crippen MR) is 112 cm³/mol. The molecular formula is C22H29N5. The number of nitrogens with zero attached hydrogens (tertiary/aromatic N) is 4. The largest absolute Gasteiger partial charge is 0.358 e. The first-order chi connectivity index (χ1) is 13.0. The van der Waals surface area contributed by atoms with E-state index in [4.69, 9.17) is 9.97 Å². The molecule has 0 saturated heterocycles. The first-order valence-corrected chi connectivity index (χ1v) is 9.42. The highest BCUT2D eigenvalue weighted by atomic mass is 15.2. The van der Waals surface area contributed by atoms with Gasteiger partial charge < -0.3 is 14.8 Å². The van der Waals surface area contributed by atoms with Crippen molar-refractivity contribution in [1.82, 2.24) is 19.9 Å². The van der Waals surface area contributed by atoms with Crippen LogP contribution in [-0.2, 0) is 6.42 Å². The number of hydrogen-bond acceptors (Lipinski definition) is 4. The molecule has 0 spiro atoms. The minimum atomic E-state index is 0.724. The Morgan fingerprint density at radius 3 is 2.41 bits per heavy atom. The summed E-state index contributed by atoms with van der Waals surface area (Å²) in [5, 5.41) is 3.18. The van der Waals surface area contributed by atoms with E-state index in [0.717, 1.165) is 42.5 Å². The lowest BCUT2D eigenvalue weighted by atomic mass is 10.1. The van der Waals surface area contributed by atoms with E-state index in [-0.39, 0.29) is 0 Å². The Labute approximate surface area is 162 Å². The van der Waals surface area contributed by atoms with Crippen molar-refractivity contribution in [3.05, 3.63) is 70.8 Å². The highest BCUT2D eigenvalue weighted by molar-refractivity contribution is 5.40. The average molecular weight is 364 g/mol. The zero-order valence-electron chi connectivity index (χ0n) is 17.0. The van der Waals surface area contributed by atoms with Crippen LogP contribution in [0.5, 0.6) is 0 Å². The van der Waals surface area contributed by atoms with Crippen LogP contribution in [0.15, 0.2) is 42.5 Å². The molecule has 0 radical (unpaired) electrons. The Morgan fingerprint density at radius 1 is 0.963 bits per heavy atom. The molecule has 0 unspecified atom stereocenters. The second kappa shape index (κ2) is 8.35. The van der Waals surface area contributed by atoms with Gasteiger partial charge in [0.1, 0.15) is 11.6 Å². The van der Waals surface area contributed by atoms with Gasteiger partial charge in [-0.25, -0.2) is 9.97 Å². The molecule has 3 rings (SSSR count). The lowest BCUT2D eigenvalue weighted by molar-refractivity contribution is 0.759. The van der Waals surface area contributed by atoms with Gasteiger partial charge in [0.05, 0.1) is 0 Å². The molecule has 0 bridgehead atoms. The van der Waals surface area contributed by atoms with Crippen LogP contribution in [0.1, 0.15) is 28.3 Å². The Balaban J connectivity index is 1.86. The normalized spacial score (nSPS) is 11.0. The van der Waals surface area contributed by atoms with E-state index in [2.05, 4.69) is 85.1 Å². The Morgan fingerprint density at radius 2 is 1.70 bits per heavy atom. The molecule has 3 aromatic heterocycles. The molecule has 0 aliphatic carbocycles. The van der Waals surface area contributed by atoms with E-state index in [1.165, 1.54) is 17.0 Å². The van der Waals surface area contributed by atoms with Crippen LogP contribution < -0.4 is 10.2 Å². The van der Waals surface area contributed by atoms with Crippen molar-refractivity contribution in [2.24, 2.45) is 0 Å². The number of likely N-dealkylation sites (N-methyl/N-ethyl adjacent to an activating group) is 2. The predicted octanol–water partition coefficient (Wildman–Crippen LogP) is 3.44. The third-order valence-corrected chi connectivity index (χ3v) is 4.75. The summed E-state index contributed by atoms with van der Waals surface area (Å²) in [4.78, 5) is 11.9. The molecule has 0 saturated carbocycles. The molecule has 27 heavy (non-hydrogen) atoms. The number of anilines is 1. The van der Waals surface area contributed by atoms with Gasteiger partial charge in [0.2, 0.25) is 0 Å². The van der Waals surface area contributed by atoms with Crippen LogP contribution in [0.4, 0.5) is 5.82 Å². The van der Waals surface area contributed by atoms with Crippen LogP contribution >= 0.6 is 0 Å². The monoisotopic (exact) mass is 363 g/mol. The van der Waals surface area contributed by atoms with Crippen molar-refractivity contribution in [3.8, 4) is 5.82 Å². The molecule has 142 valence electrons. The number of pyridine rings is 2. The maximum Gasteiger partial charge on any atom is 0.137 e. The Hall–Kier alpha value is -2.66. The first-order valence-electron chi connectivity index (χ1n) is 9.42. The van der Waals surface area contributed by atoms with Gasteiger partial charge in [0.15, 0.2) is 0 Å². The molecular weight excluding hydrogens is 334 g/mol. The molecule has 1 N–H and O–H groups in total. The van der Waals surface area contributed by atoms with Gasteiger partial charge in [0, 0.05) is 49.3 Å². The highest BCUT2D eigenvalue weighted by Gasteiger charge is 2.09. The van der Waals surface area contributed by atoms with Crippen molar-refractivity contribution >= 4 is 5.82 Å². The summed E-state index contributed by atoms with van der Waals surface area (Å²) < 4.78 is 2.20. The molecule has 0 amide bonds. The van der Waals surface area contributed by atoms with Crippen LogP contribution in [0.2, 0.25) is 0 Å². The van der Waals surface area contributed by atoms with Crippen molar-refractivity contribution in [2.75, 3.05) is 32.1 Å². The third kappa shape index (κ3) is 4.55. The van der Waals surface area contributed by atoms with Crippen LogP contribution in [-0.4, -0.2) is 41.7 Å². The van der Waals surface area contributed by atoms with Crippen molar-refractivity contribution in [2.45, 2.75) is 27.2 Å². The van der Waals surface area contributed by atoms with Crippen molar-refractivity contribution < 1.29 is 0 Å². The van der Waals surface area contributed by atoms with E-state index in [9.17, 15) is 0 Å². The van der Waals surface area contributed by atoms with Crippen molar-refractivity contribution in [1.29, 1.82) is 0 Å². The molecule has 0 fully saturated rings. The fourth-order valence-corrected chi connectivity index (χ4v) is 3.31. The number of nitrogens with one attached hydrogen (secondary N) is 1. The van der Waals surface area contributed by atoms with Gasteiger partial charge >= 0.3 is 0 Å². The minimum absolute atomic E-state index is 0.724. The number of aryl methyl sites for hydroxylation is 3. The zero-order valence-corrected chi connectivity index (χ0v) is 17.0. The smallest absolute Gasteiger partial charge is 0.137 e. The summed E-state index contributed by atoms with van der Waals surface area (Å²) in [6.45, 7) is 8.20. The number of aromatic nitrogens is 3. The summed E-state index contributed by atoms with van der Waals surface area (Å²) in [6, 6.07) is 14.8. The third-order valence-electron chi connectivity index (χ3n) is 4.75. The van der Waals surface area contributed by atoms with Gasteiger partial charge in [-0.15, -0.1) is 0 Å². The van der Waals surface area contributed by atoms with E-state index >= 15 is 0 Å². The summed E-state index contributed by atoms with van der Waals surface area (Å²) in [5.41, 5.74) is 5.68. The molecule has 0 atom stereocenters. The molecule has 0 aliphatic rings. The average Bonchev–Trinajstić information content (AvgIpc) is 2.97. The zero-order chi connectivity index (χ0) is 19.4. The molecule has 0 aromatic carbocycles. The van der Waals surface area contributed by atoms with E-state index in [0.29, 0.717) is 0 Å². The minimum Gasteiger partial charge on any atom is -0.358 e. The van der Waals surface area contributed by atoms with E-state index in [1.807, 2.05) is 7.05 Å². The van der Waals surface area contributed by atoms with Crippen LogP contribution in [0, 0.1) is 20.8 Å². The van der Waals surface area contributed by atoms with E-state index in [1.54, 1.807) is 0 Å². The Bertz CT molecular complexity index is 893. The van der Waals surface area contributed by atoms with Crippen LogP contribution in [0.25, 0.3) is 5.82 Å². The molecule has 5 nitrogen and oxygen atoms in total. The fraction of sp³-hybridized carbons (Fsp3) is 0.364. The Kier molecular flexibility index (Phi) is 5.91. The molecule has 5 heteroatoms. The van der Waals surface area contributed by atoms with Gasteiger partial charge in [-0.05, 0) is 69.8 Å². The number of rotatable bonds is 7. The molecule has 0 aliphatic heterocycles. The van der Waals surface area contributed by atoms with Gasteiger partial charge in [-0.3, -0.25) is 0 Å². The molecule has 3 heterocycles. The summed E-state index contributed by atoms with van der Waals surface area (Å²) in [7, 11) is 4.04. The van der Waals surface area contributed by atoms with Crippen LogP contribution in [0.3, 0.4) is 0 Å². The van der Waals surface area contributed by atoms with Gasteiger partial charge in [-0.2, -0.15) is 0 Å². The van der Waals surface area contributed by atoms with Gasteiger partial charge in [0.25, 0.3) is 0 Å². The first kappa shape index (κ1) is 19.1. The summed E-state index contributed by atoms with van der Waals surface area (Å²) >= 11 is 0. The van der Waals surface area contributed by atoms with Crippen molar-refractivity contribution in [3.63, 3.8) is 0 Å². The van der Waals surface area contributed by atoms with E-state index < -0.39 is 0 Å². The van der Waals surface area contributed by atoms with Gasteiger partial charge in [-0.1, -0.05) is 6.07 Å². The summed E-state index contributed by atoms with van der Waals surface area (Å²) in [6.07, 6.45) is 0.724. The maximum absolute atomic E-state index is 4.92. The number of hydrogen-bond donors (Lipinski definition) is 1. The quantitative estimate of drug-likeness (QED) is 0.698. The topological polar surface area (TPSA) is 46.0 Å². The molecule has 3 aromatic rings. The maximum atomic E-state index is 4.92.